The van der Waals surface area contributed by atoms with Crippen LogP contribution in [0.15, 0.2) is 35.0 Å². The summed E-state index contributed by atoms with van der Waals surface area (Å²) in [6.07, 6.45) is 8.98. The molecule has 0 unspecified atom stereocenters. The van der Waals surface area contributed by atoms with Crippen molar-refractivity contribution < 1.29 is 9.53 Å². The summed E-state index contributed by atoms with van der Waals surface area (Å²) in [4.78, 5) is 16.1. The molecular formula is C16H17NO2S2. The number of hydrogen-bond acceptors (Lipinski definition) is 5. The van der Waals surface area contributed by atoms with Crippen LogP contribution in [0.5, 0.6) is 5.75 Å². The molecule has 0 radical (unpaired) electrons. The van der Waals surface area contributed by atoms with Crippen LogP contribution in [0.1, 0.15) is 31.2 Å². The Labute approximate surface area is 133 Å². The van der Waals surface area contributed by atoms with Gasteiger partial charge in [-0.05, 0) is 67.5 Å². The zero-order valence-corrected chi connectivity index (χ0v) is 13.5. The van der Waals surface area contributed by atoms with Crippen LogP contribution in [0.4, 0.5) is 0 Å². The zero-order valence-electron chi connectivity index (χ0n) is 11.9. The van der Waals surface area contributed by atoms with Gasteiger partial charge in [-0.25, -0.2) is 4.99 Å². The third-order valence-corrected chi connectivity index (χ3v) is 5.41. The van der Waals surface area contributed by atoms with Crippen LogP contribution in [0.3, 0.4) is 0 Å². The fraction of sp³-hybridized carbons (Fsp3) is 0.375. The number of ether oxygens (including phenoxy) is 1. The Bertz CT molecular complexity index is 587. The van der Waals surface area contributed by atoms with Gasteiger partial charge in [-0.15, -0.1) is 11.8 Å². The molecule has 0 N–H and O–H groups in total. The van der Waals surface area contributed by atoms with E-state index in [1.54, 1.807) is 0 Å². The van der Waals surface area contributed by atoms with E-state index in [0.717, 1.165) is 28.5 Å². The number of hydrogen-bond donors (Lipinski definition) is 0. The average Bonchev–Trinajstić information content (AvgIpc) is 3.11. The summed E-state index contributed by atoms with van der Waals surface area (Å²) in [6, 6.07) is 7.89. The second-order valence-corrected chi connectivity index (χ2v) is 7.11. The van der Waals surface area contributed by atoms with E-state index >= 15 is 0 Å². The molecule has 1 aromatic rings. The molecule has 1 saturated carbocycles. The molecule has 3 nitrogen and oxygen atoms in total. The molecule has 110 valence electrons. The molecule has 1 fully saturated rings. The topological polar surface area (TPSA) is 38.7 Å². The molecule has 0 atom stereocenters. The predicted octanol–water partition coefficient (Wildman–Crippen LogP) is 4.34. The molecule has 1 aliphatic heterocycles. The molecule has 1 heterocycles. The second kappa shape index (κ2) is 6.71. The van der Waals surface area contributed by atoms with Gasteiger partial charge in [0.2, 0.25) is 5.12 Å². The highest BCUT2D eigenvalue weighted by atomic mass is 32.2. The summed E-state index contributed by atoms with van der Waals surface area (Å²) in [5.41, 5.74) is 1.50. The lowest BCUT2D eigenvalue weighted by atomic mass is 10.2. The summed E-state index contributed by atoms with van der Waals surface area (Å²) in [5.74, 6) is 0.907. The van der Waals surface area contributed by atoms with Crippen molar-refractivity contribution in [2.45, 2.75) is 31.8 Å². The molecule has 21 heavy (non-hydrogen) atoms. The highest BCUT2D eigenvalue weighted by Gasteiger charge is 2.21. The molecule has 1 aliphatic carbocycles. The minimum absolute atomic E-state index is 0.0191. The lowest BCUT2D eigenvalue weighted by molar-refractivity contribution is -0.107. The van der Waals surface area contributed by atoms with Crippen LogP contribution in [0.25, 0.3) is 6.08 Å². The third-order valence-electron chi connectivity index (χ3n) is 3.56. The van der Waals surface area contributed by atoms with E-state index in [9.17, 15) is 4.79 Å². The molecule has 3 rings (SSSR count). The van der Waals surface area contributed by atoms with Gasteiger partial charge in [0.15, 0.2) is 0 Å². The number of benzene rings is 1. The summed E-state index contributed by atoms with van der Waals surface area (Å²) in [6.45, 7) is 0. The fourth-order valence-electron chi connectivity index (χ4n) is 2.48. The van der Waals surface area contributed by atoms with Gasteiger partial charge in [0.1, 0.15) is 15.8 Å². The van der Waals surface area contributed by atoms with E-state index in [0.29, 0.717) is 11.8 Å². The Kier molecular flexibility index (Phi) is 4.70. The van der Waals surface area contributed by atoms with Crippen molar-refractivity contribution in [1.29, 1.82) is 0 Å². The number of thioether (sulfide) groups is 2. The second-order valence-electron chi connectivity index (χ2n) is 5.09. The normalized spacial score (nSPS) is 21.1. The van der Waals surface area contributed by atoms with Gasteiger partial charge in [-0.2, -0.15) is 0 Å². The van der Waals surface area contributed by atoms with Crippen molar-refractivity contribution >= 4 is 39.1 Å². The lowest BCUT2D eigenvalue weighted by Crippen LogP contribution is -2.10. The summed E-state index contributed by atoms with van der Waals surface area (Å²) in [5, 5.41) is 0.0191. The fourth-order valence-corrected chi connectivity index (χ4v) is 3.74. The monoisotopic (exact) mass is 319 g/mol. The lowest BCUT2D eigenvalue weighted by Gasteiger charge is -2.12. The Morgan fingerprint density at radius 2 is 2.00 bits per heavy atom. The van der Waals surface area contributed by atoms with E-state index in [2.05, 4.69) is 4.99 Å². The van der Waals surface area contributed by atoms with Crippen molar-refractivity contribution in [3.63, 3.8) is 0 Å². The first kappa shape index (κ1) is 14.7. The standard InChI is InChI=1S/C16H17NO2S2/c1-20-16-17-14(15(18)21-16)10-11-6-8-13(9-7-11)19-12-4-2-3-5-12/h6-10,12H,2-5H2,1H3/b14-10-. The first-order chi connectivity index (χ1) is 10.2. The van der Waals surface area contributed by atoms with Gasteiger partial charge >= 0.3 is 0 Å². The van der Waals surface area contributed by atoms with Crippen molar-refractivity contribution in [2.24, 2.45) is 4.99 Å². The minimum atomic E-state index is 0.0191. The largest absolute Gasteiger partial charge is 0.490 e. The molecule has 0 aromatic heterocycles. The minimum Gasteiger partial charge on any atom is -0.490 e. The van der Waals surface area contributed by atoms with Crippen LogP contribution in [-0.4, -0.2) is 21.9 Å². The van der Waals surface area contributed by atoms with Crippen molar-refractivity contribution in [2.75, 3.05) is 6.26 Å². The van der Waals surface area contributed by atoms with Crippen molar-refractivity contribution in [1.82, 2.24) is 0 Å². The van der Waals surface area contributed by atoms with E-state index in [-0.39, 0.29) is 5.12 Å². The van der Waals surface area contributed by atoms with Gasteiger partial charge in [0.05, 0.1) is 6.10 Å². The summed E-state index contributed by atoms with van der Waals surface area (Å²) in [7, 11) is 0. The van der Waals surface area contributed by atoms with E-state index < -0.39 is 0 Å². The smallest absolute Gasteiger partial charge is 0.244 e. The molecular weight excluding hydrogens is 302 g/mol. The molecule has 0 bridgehead atoms. The maximum atomic E-state index is 11.8. The Morgan fingerprint density at radius 1 is 1.29 bits per heavy atom. The Balaban J connectivity index is 1.69. The maximum absolute atomic E-state index is 11.8. The molecule has 1 aromatic carbocycles. The van der Waals surface area contributed by atoms with E-state index in [1.165, 1.54) is 36.4 Å². The van der Waals surface area contributed by atoms with Crippen LogP contribution >= 0.6 is 23.5 Å². The maximum Gasteiger partial charge on any atom is 0.244 e. The van der Waals surface area contributed by atoms with Gasteiger partial charge in [-0.1, -0.05) is 12.1 Å². The van der Waals surface area contributed by atoms with Gasteiger partial charge in [0.25, 0.3) is 0 Å². The molecule has 2 aliphatic rings. The number of carbonyl (C=O) groups is 1. The highest BCUT2D eigenvalue weighted by Crippen LogP contribution is 2.30. The van der Waals surface area contributed by atoms with E-state index in [4.69, 9.17) is 4.74 Å². The first-order valence-electron chi connectivity index (χ1n) is 7.08. The van der Waals surface area contributed by atoms with Crippen LogP contribution in [0, 0.1) is 0 Å². The average molecular weight is 319 g/mol. The van der Waals surface area contributed by atoms with Gasteiger partial charge < -0.3 is 4.74 Å². The number of carbonyl (C=O) groups excluding carboxylic acids is 1. The summed E-state index contributed by atoms with van der Waals surface area (Å²) >= 11 is 2.70. The van der Waals surface area contributed by atoms with Crippen molar-refractivity contribution in [3.8, 4) is 5.75 Å². The number of aliphatic imine (C=N–C) groups is 1. The third kappa shape index (κ3) is 3.71. The first-order valence-corrected chi connectivity index (χ1v) is 9.12. The zero-order chi connectivity index (χ0) is 14.7. The van der Waals surface area contributed by atoms with Gasteiger partial charge in [-0.3, -0.25) is 4.79 Å². The van der Waals surface area contributed by atoms with Gasteiger partial charge in [0, 0.05) is 0 Å². The van der Waals surface area contributed by atoms with Crippen LogP contribution in [0.2, 0.25) is 0 Å². The Morgan fingerprint density at radius 3 is 2.62 bits per heavy atom. The van der Waals surface area contributed by atoms with Crippen LogP contribution < -0.4 is 4.74 Å². The number of rotatable bonds is 3. The molecule has 0 amide bonds. The predicted molar refractivity (Wildman–Crippen MR) is 90.9 cm³/mol. The van der Waals surface area contributed by atoms with Crippen molar-refractivity contribution in [3.05, 3.63) is 35.5 Å². The summed E-state index contributed by atoms with van der Waals surface area (Å²) < 4.78 is 6.75. The highest BCUT2D eigenvalue weighted by molar-refractivity contribution is 8.45. The quantitative estimate of drug-likeness (QED) is 0.777. The number of nitrogens with zero attached hydrogens (tertiary/aromatic N) is 1. The van der Waals surface area contributed by atoms with E-state index in [1.807, 2.05) is 36.6 Å². The van der Waals surface area contributed by atoms with Crippen LogP contribution in [-0.2, 0) is 4.79 Å². The Hall–Kier alpha value is -1.20. The molecule has 5 heteroatoms. The molecule has 0 spiro atoms. The SMILES string of the molecule is CSC1=N/C(=C\c2ccc(OC3CCCC3)cc2)C(=O)S1. The molecule has 0 saturated heterocycles.